The lowest BCUT2D eigenvalue weighted by Crippen LogP contribution is -2.41. The molecule has 1 aromatic carbocycles. The van der Waals surface area contributed by atoms with E-state index in [0.717, 1.165) is 0 Å². The van der Waals surface area contributed by atoms with E-state index in [1.807, 2.05) is 6.92 Å². The summed E-state index contributed by atoms with van der Waals surface area (Å²) < 4.78 is 26.5. The first-order valence-corrected chi connectivity index (χ1v) is 7.70. The third-order valence-electron chi connectivity index (χ3n) is 2.65. The number of hydrogen-bond donors (Lipinski definition) is 2. The molecular weight excluding hydrogens is 266 g/mol. The molecule has 0 heterocycles. The lowest BCUT2D eigenvalue weighted by Gasteiger charge is -2.16. The first-order valence-electron chi connectivity index (χ1n) is 6.22. The van der Waals surface area contributed by atoms with Gasteiger partial charge < -0.3 is 5.11 Å². The third kappa shape index (κ3) is 4.74. The van der Waals surface area contributed by atoms with Gasteiger partial charge in [0.15, 0.2) is 5.78 Å². The van der Waals surface area contributed by atoms with Crippen molar-refractivity contribution in [2.45, 2.75) is 37.1 Å². The van der Waals surface area contributed by atoms with Crippen LogP contribution in [-0.2, 0) is 14.8 Å². The van der Waals surface area contributed by atoms with Gasteiger partial charge in [0.2, 0.25) is 10.0 Å². The molecule has 106 valence electrons. The second-order valence-corrected chi connectivity index (χ2v) is 5.93. The number of aliphatic hydroxyl groups is 1. The molecule has 0 bridgehead atoms. The number of benzene rings is 1. The monoisotopic (exact) mass is 285 g/mol. The summed E-state index contributed by atoms with van der Waals surface area (Å²) in [5, 5.41) is 8.93. The Bertz CT molecular complexity index is 499. The van der Waals surface area contributed by atoms with Gasteiger partial charge in [-0.15, -0.1) is 0 Å². The molecule has 0 aromatic heterocycles. The Balaban J connectivity index is 2.87. The zero-order valence-corrected chi connectivity index (χ0v) is 11.7. The van der Waals surface area contributed by atoms with Crippen LogP contribution >= 0.6 is 0 Å². The van der Waals surface area contributed by atoms with Gasteiger partial charge >= 0.3 is 0 Å². The van der Waals surface area contributed by atoms with Gasteiger partial charge in [0, 0.05) is 13.0 Å². The van der Waals surface area contributed by atoms with E-state index in [-0.39, 0.29) is 23.7 Å². The van der Waals surface area contributed by atoms with Crippen molar-refractivity contribution < 1.29 is 18.3 Å². The fraction of sp³-hybridized carbons (Fsp3) is 0.462. The highest BCUT2D eigenvalue weighted by Crippen LogP contribution is 2.10. The number of hydrogen-bond acceptors (Lipinski definition) is 4. The summed E-state index contributed by atoms with van der Waals surface area (Å²) in [6.07, 6.45) is 1.03. The molecule has 0 aliphatic heterocycles. The van der Waals surface area contributed by atoms with Gasteiger partial charge in [0.05, 0.1) is 10.9 Å². The summed E-state index contributed by atoms with van der Waals surface area (Å²) in [5.41, 5.74) is 0. The molecule has 0 saturated heterocycles. The Hall–Kier alpha value is -1.24. The number of rotatable bonds is 8. The summed E-state index contributed by atoms with van der Waals surface area (Å²) in [7, 11) is -3.73. The molecule has 19 heavy (non-hydrogen) atoms. The van der Waals surface area contributed by atoms with Crippen LogP contribution in [0.3, 0.4) is 0 Å². The van der Waals surface area contributed by atoms with E-state index < -0.39 is 16.1 Å². The lowest BCUT2D eigenvalue weighted by molar-refractivity contribution is -0.121. The van der Waals surface area contributed by atoms with E-state index in [0.29, 0.717) is 12.8 Å². The van der Waals surface area contributed by atoms with E-state index in [9.17, 15) is 13.2 Å². The average molecular weight is 285 g/mol. The van der Waals surface area contributed by atoms with Gasteiger partial charge in [-0.1, -0.05) is 25.1 Å². The summed E-state index contributed by atoms with van der Waals surface area (Å²) in [5.74, 6) is -0.198. The van der Waals surface area contributed by atoms with Crippen molar-refractivity contribution in [1.82, 2.24) is 4.72 Å². The van der Waals surface area contributed by atoms with Gasteiger partial charge in [-0.3, -0.25) is 4.79 Å². The van der Waals surface area contributed by atoms with Gasteiger partial charge in [-0.05, 0) is 25.0 Å². The van der Waals surface area contributed by atoms with E-state index >= 15 is 0 Å². The minimum atomic E-state index is -3.73. The highest BCUT2D eigenvalue weighted by molar-refractivity contribution is 7.89. The number of aliphatic hydroxyl groups excluding tert-OH is 1. The Kier molecular flexibility index (Phi) is 6.14. The molecule has 1 aromatic rings. The summed E-state index contributed by atoms with van der Waals surface area (Å²) >= 11 is 0. The van der Waals surface area contributed by atoms with Crippen LogP contribution in [0, 0.1) is 0 Å². The first kappa shape index (κ1) is 15.8. The Labute approximate surface area is 113 Å². The second-order valence-electron chi connectivity index (χ2n) is 4.22. The molecule has 0 radical (unpaired) electrons. The Morgan fingerprint density at radius 2 is 1.95 bits per heavy atom. The molecule has 2 N–H and O–H groups in total. The highest BCUT2D eigenvalue weighted by Gasteiger charge is 2.24. The van der Waals surface area contributed by atoms with E-state index in [4.69, 9.17) is 5.11 Å². The van der Waals surface area contributed by atoms with Crippen LogP contribution in [0.4, 0.5) is 0 Å². The van der Waals surface area contributed by atoms with Crippen LogP contribution in [0.5, 0.6) is 0 Å². The smallest absolute Gasteiger partial charge is 0.241 e. The van der Waals surface area contributed by atoms with Crippen molar-refractivity contribution in [1.29, 1.82) is 0 Å². The minimum Gasteiger partial charge on any atom is -0.396 e. The van der Waals surface area contributed by atoms with E-state index in [1.165, 1.54) is 12.1 Å². The van der Waals surface area contributed by atoms with Gasteiger partial charge in [-0.2, -0.15) is 0 Å². The highest BCUT2D eigenvalue weighted by atomic mass is 32.2. The number of sulfonamides is 1. The fourth-order valence-electron chi connectivity index (χ4n) is 1.69. The molecule has 6 heteroatoms. The number of ketones is 1. The van der Waals surface area contributed by atoms with Crippen LogP contribution in [0.1, 0.15) is 26.2 Å². The fourth-order valence-corrected chi connectivity index (χ4v) is 2.97. The zero-order chi connectivity index (χ0) is 14.3. The van der Waals surface area contributed by atoms with Gasteiger partial charge in [0.1, 0.15) is 0 Å². The molecule has 0 amide bonds. The lowest BCUT2D eigenvalue weighted by atomic mass is 10.1. The van der Waals surface area contributed by atoms with Crippen molar-refractivity contribution >= 4 is 15.8 Å². The van der Waals surface area contributed by atoms with Gasteiger partial charge in [-0.25, -0.2) is 13.1 Å². The number of carbonyl (C=O) groups excluding carboxylic acids is 1. The van der Waals surface area contributed by atoms with Crippen molar-refractivity contribution in [3.05, 3.63) is 30.3 Å². The standard InChI is InChI=1S/C13H19NO4S/c1-2-6-13(16)12(9-10-15)14-19(17,18)11-7-4-3-5-8-11/h3-5,7-8,12,14-15H,2,6,9-10H2,1H3/t12-/m0/s1. The van der Waals surface area contributed by atoms with Crippen molar-refractivity contribution in [3.8, 4) is 0 Å². The third-order valence-corrected chi connectivity index (χ3v) is 4.14. The van der Waals surface area contributed by atoms with Crippen LogP contribution in [-0.4, -0.2) is 32.0 Å². The molecule has 0 spiro atoms. The van der Waals surface area contributed by atoms with Crippen LogP contribution in [0.25, 0.3) is 0 Å². The molecule has 0 saturated carbocycles. The van der Waals surface area contributed by atoms with E-state index in [1.54, 1.807) is 18.2 Å². The normalized spacial score (nSPS) is 13.2. The molecule has 5 nitrogen and oxygen atoms in total. The maximum Gasteiger partial charge on any atom is 0.241 e. The quantitative estimate of drug-likeness (QED) is 0.749. The maximum atomic E-state index is 12.1. The largest absolute Gasteiger partial charge is 0.396 e. The molecule has 0 fully saturated rings. The predicted molar refractivity (Wildman–Crippen MR) is 72.2 cm³/mol. The number of Topliss-reactive ketones (excluding diaryl/α,β-unsaturated/α-hetero) is 1. The Morgan fingerprint density at radius 1 is 1.32 bits per heavy atom. The second kappa shape index (κ2) is 7.37. The zero-order valence-electron chi connectivity index (χ0n) is 10.9. The van der Waals surface area contributed by atoms with Crippen molar-refractivity contribution in [3.63, 3.8) is 0 Å². The van der Waals surface area contributed by atoms with E-state index in [2.05, 4.69) is 4.72 Å². The Morgan fingerprint density at radius 3 is 2.47 bits per heavy atom. The average Bonchev–Trinajstić information content (AvgIpc) is 2.39. The van der Waals surface area contributed by atoms with Crippen LogP contribution in [0.2, 0.25) is 0 Å². The van der Waals surface area contributed by atoms with Gasteiger partial charge in [0.25, 0.3) is 0 Å². The topological polar surface area (TPSA) is 83.5 Å². The minimum absolute atomic E-state index is 0.0882. The predicted octanol–water partition coefficient (Wildman–Crippen LogP) is 1.09. The molecular formula is C13H19NO4S. The molecule has 1 atom stereocenters. The van der Waals surface area contributed by atoms with Crippen molar-refractivity contribution in [2.24, 2.45) is 0 Å². The van der Waals surface area contributed by atoms with Crippen molar-refractivity contribution in [2.75, 3.05) is 6.61 Å². The summed E-state index contributed by atoms with van der Waals surface area (Å²) in [6, 6.07) is 7.00. The summed E-state index contributed by atoms with van der Waals surface area (Å²) in [4.78, 5) is 11.9. The summed E-state index contributed by atoms with van der Waals surface area (Å²) in [6.45, 7) is 1.61. The number of nitrogens with one attached hydrogen (secondary N) is 1. The molecule has 0 unspecified atom stereocenters. The van der Waals surface area contributed by atoms with Crippen LogP contribution in [0.15, 0.2) is 35.2 Å². The number of carbonyl (C=O) groups is 1. The maximum absolute atomic E-state index is 12.1. The molecule has 0 aliphatic carbocycles. The first-order chi connectivity index (χ1) is 9.01. The molecule has 1 rings (SSSR count). The van der Waals surface area contributed by atoms with Crippen LogP contribution < -0.4 is 4.72 Å². The molecule has 0 aliphatic rings. The SMILES string of the molecule is CCCC(=O)[C@H](CCO)NS(=O)(=O)c1ccccc1.